The number of benzene rings is 2. The predicted molar refractivity (Wildman–Crippen MR) is 87.6 cm³/mol. The summed E-state index contributed by atoms with van der Waals surface area (Å²) in [5.74, 6) is 0.198. The second-order valence-electron chi connectivity index (χ2n) is 4.92. The van der Waals surface area contributed by atoms with E-state index in [2.05, 4.69) is 21.2 Å². The summed E-state index contributed by atoms with van der Waals surface area (Å²) in [6.45, 7) is 0.610. The number of anilines is 1. The van der Waals surface area contributed by atoms with E-state index in [1.807, 2.05) is 30.3 Å². The number of halogens is 1. The van der Waals surface area contributed by atoms with Crippen LogP contribution in [-0.4, -0.2) is 30.0 Å². The van der Waals surface area contributed by atoms with Crippen molar-refractivity contribution in [2.24, 2.45) is 0 Å². The van der Waals surface area contributed by atoms with E-state index >= 15 is 0 Å². The van der Waals surface area contributed by atoms with Crippen molar-refractivity contribution in [3.63, 3.8) is 0 Å². The molecule has 1 amide bonds. The van der Waals surface area contributed by atoms with Gasteiger partial charge >= 0.3 is 0 Å². The molecular weight excluding hydrogens is 332 g/mol. The number of rotatable bonds is 4. The summed E-state index contributed by atoms with van der Waals surface area (Å²) in [4.78, 5) is 13.5. The van der Waals surface area contributed by atoms with Gasteiger partial charge in [-0.25, -0.2) is 0 Å². The van der Waals surface area contributed by atoms with Crippen LogP contribution in [-0.2, 0) is 6.54 Å². The lowest BCUT2D eigenvalue weighted by Gasteiger charge is -2.12. The van der Waals surface area contributed by atoms with Crippen molar-refractivity contribution in [1.29, 1.82) is 0 Å². The number of hydrogen-bond acceptors (Lipinski definition) is 3. The number of hydrogen-bond donors (Lipinski definition) is 2. The number of amides is 1. The number of carbonyl (C=O) groups is 1. The molecule has 2 aromatic carbocycles. The summed E-state index contributed by atoms with van der Waals surface area (Å²) in [7, 11) is 3.47. The molecule has 0 bridgehead atoms. The average Bonchev–Trinajstić information content (AvgIpc) is 2.48. The van der Waals surface area contributed by atoms with E-state index in [1.54, 1.807) is 31.1 Å². The lowest BCUT2D eigenvalue weighted by atomic mass is 10.1. The largest absolute Gasteiger partial charge is 0.507 e. The van der Waals surface area contributed by atoms with E-state index in [0.717, 1.165) is 11.3 Å². The lowest BCUT2D eigenvalue weighted by Crippen LogP contribution is -2.21. The third kappa shape index (κ3) is 3.98. The molecule has 0 aromatic heterocycles. The van der Waals surface area contributed by atoms with Crippen LogP contribution in [0.5, 0.6) is 5.75 Å². The van der Waals surface area contributed by atoms with Crippen LogP contribution < -0.4 is 5.32 Å². The van der Waals surface area contributed by atoms with Crippen LogP contribution in [0, 0.1) is 0 Å². The number of aromatic hydroxyl groups is 1. The summed E-state index contributed by atoms with van der Waals surface area (Å²) in [6, 6.07) is 12.8. The lowest BCUT2D eigenvalue weighted by molar-refractivity contribution is 0.0827. The van der Waals surface area contributed by atoms with E-state index in [1.165, 1.54) is 0 Å². The molecule has 0 unspecified atom stereocenters. The first-order valence-electron chi connectivity index (χ1n) is 6.50. The quantitative estimate of drug-likeness (QED) is 0.889. The van der Waals surface area contributed by atoms with Crippen LogP contribution in [0.3, 0.4) is 0 Å². The maximum atomic E-state index is 11.9. The van der Waals surface area contributed by atoms with Crippen LogP contribution >= 0.6 is 15.9 Å². The normalized spacial score (nSPS) is 10.2. The number of phenolic OH excluding ortho intramolecular Hbond substituents is 1. The van der Waals surface area contributed by atoms with Crippen molar-refractivity contribution in [1.82, 2.24) is 4.90 Å². The minimum absolute atomic E-state index is 0.0222. The second kappa shape index (κ2) is 6.63. The fourth-order valence-electron chi connectivity index (χ4n) is 1.88. The van der Waals surface area contributed by atoms with Gasteiger partial charge in [-0.15, -0.1) is 0 Å². The molecule has 0 aliphatic rings. The maximum absolute atomic E-state index is 11.9. The molecular formula is C16H17BrN2O2. The van der Waals surface area contributed by atoms with Gasteiger partial charge in [0, 0.05) is 31.9 Å². The molecule has 2 rings (SSSR count). The molecule has 0 spiro atoms. The smallest absolute Gasteiger partial charge is 0.253 e. The molecule has 0 aliphatic heterocycles. The average molecular weight is 349 g/mol. The molecule has 0 aliphatic carbocycles. The Morgan fingerprint density at radius 3 is 2.67 bits per heavy atom. The molecule has 110 valence electrons. The van der Waals surface area contributed by atoms with Crippen molar-refractivity contribution in [2.45, 2.75) is 6.54 Å². The van der Waals surface area contributed by atoms with E-state index in [9.17, 15) is 9.90 Å². The Bertz CT molecular complexity index is 656. The number of phenols is 1. The Hall–Kier alpha value is -2.01. The van der Waals surface area contributed by atoms with E-state index in [4.69, 9.17) is 0 Å². The molecule has 4 nitrogen and oxygen atoms in total. The van der Waals surface area contributed by atoms with Crippen molar-refractivity contribution in [2.75, 3.05) is 19.4 Å². The standard InChI is InChI=1S/C16H17BrN2O2/c1-19(2)16(21)12-4-3-5-13(9-12)18-10-11-6-7-15(20)14(17)8-11/h3-9,18,20H,10H2,1-2H3. The maximum Gasteiger partial charge on any atom is 0.253 e. The highest BCUT2D eigenvalue weighted by Gasteiger charge is 2.08. The zero-order valence-electron chi connectivity index (χ0n) is 11.9. The molecule has 0 fully saturated rings. The van der Waals surface area contributed by atoms with Gasteiger partial charge in [0.2, 0.25) is 0 Å². The number of nitrogens with zero attached hydrogens (tertiary/aromatic N) is 1. The van der Waals surface area contributed by atoms with E-state index < -0.39 is 0 Å². The molecule has 0 heterocycles. The fourth-order valence-corrected chi connectivity index (χ4v) is 2.31. The summed E-state index contributed by atoms with van der Waals surface area (Å²) in [5, 5.41) is 12.7. The van der Waals surface area contributed by atoms with Crippen LogP contribution in [0.1, 0.15) is 15.9 Å². The minimum atomic E-state index is -0.0222. The summed E-state index contributed by atoms with van der Waals surface area (Å²) >= 11 is 3.29. The summed E-state index contributed by atoms with van der Waals surface area (Å²) < 4.78 is 0.665. The van der Waals surface area contributed by atoms with Gasteiger partial charge in [-0.3, -0.25) is 4.79 Å². The van der Waals surface area contributed by atoms with E-state index in [-0.39, 0.29) is 11.7 Å². The Morgan fingerprint density at radius 1 is 1.24 bits per heavy atom. The van der Waals surface area contributed by atoms with Crippen molar-refractivity contribution < 1.29 is 9.90 Å². The van der Waals surface area contributed by atoms with Crippen LogP contribution in [0.2, 0.25) is 0 Å². The molecule has 2 aromatic rings. The summed E-state index contributed by atoms with van der Waals surface area (Å²) in [5.41, 5.74) is 2.56. The fraction of sp³-hybridized carbons (Fsp3) is 0.188. The zero-order valence-corrected chi connectivity index (χ0v) is 13.5. The zero-order chi connectivity index (χ0) is 15.4. The molecule has 0 saturated heterocycles. The molecule has 0 saturated carbocycles. The van der Waals surface area contributed by atoms with Crippen molar-refractivity contribution in [3.8, 4) is 5.75 Å². The first kappa shape index (κ1) is 15.4. The molecule has 5 heteroatoms. The summed E-state index contributed by atoms with van der Waals surface area (Å²) in [6.07, 6.45) is 0. The third-order valence-electron chi connectivity index (χ3n) is 3.02. The molecule has 21 heavy (non-hydrogen) atoms. The van der Waals surface area contributed by atoms with Crippen molar-refractivity contribution in [3.05, 3.63) is 58.1 Å². The predicted octanol–water partition coefficient (Wildman–Crippen LogP) is 3.47. The van der Waals surface area contributed by atoms with Gasteiger partial charge in [0.1, 0.15) is 5.75 Å². The van der Waals surface area contributed by atoms with Gasteiger partial charge in [0.25, 0.3) is 5.91 Å². The highest BCUT2D eigenvalue weighted by molar-refractivity contribution is 9.10. The van der Waals surface area contributed by atoms with Gasteiger partial charge in [-0.2, -0.15) is 0 Å². The highest BCUT2D eigenvalue weighted by Crippen LogP contribution is 2.24. The van der Waals surface area contributed by atoms with Gasteiger partial charge in [-0.1, -0.05) is 12.1 Å². The Labute approximate surface area is 132 Å². The van der Waals surface area contributed by atoms with Crippen LogP contribution in [0.4, 0.5) is 5.69 Å². The Morgan fingerprint density at radius 2 is 2.00 bits per heavy atom. The Kier molecular flexibility index (Phi) is 4.85. The SMILES string of the molecule is CN(C)C(=O)c1cccc(NCc2ccc(O)c(Br)c2)c1. The molecule has 0 atom stereocenters. The first-order valence-corrected chi connectivity index (χ1v) is 7.29. The molecule has 2 N–H and O–H groups in total. The third-order valence-corrected chi connectivity index (χ3v) is 3.66. The minimum Gasteiger partial charge on any atom is -0.507 e. The first-order chi connectivity index (χ1) is 9.97. The van der Waals surface area contributed by atoms with Gasteiger partial charge in [0.15, 0.2) is 0 Å². The molecule has 0 radical (unpaired) electrons. The monoisotopic (exact) mass is 348 g/mol. The van der Waals surface area contributed by atoms with E-state index in [0.29, 0.717) is 16.6 Å². The van der Waals surface area contributed by atoms with Crippen LogP contribution in [0.25, 0.3) is 0 Å². The number of carbonyl (C=O) groups excluding carboxylic acids is 1. The Balaban J connectivity index is 2.08. The van der Waals surface area contributed by atoms with Gasteiger partial charge < -0.3 is 15.3 Å². The van der Waals surface area contributed by atoms with Gasteiger partial charge in [-0.05, 0) is 51.8 Å². The topological polar surface area (TPSA) is 52.6 Å². The van der Waals surface area contributed by atoms with Gasteiger partial charge in [0.05, 0.1) is 4.47 Å². The second-order valence-corrected chi connectivity index (χ2v) is 5.77. The number of nitrogens with one attached hydrogen (secondary N) is 1. The van der Waals surface area contributed by atoms with Crippen LogP contribution in [0.15, 0.2) is 46.9 Å². The highest BCUT2D eigenvalue weighted by atomic mass is 79.9. The van der Waals surface area contributed by atoms with Crippen molar-refractivity contribution >= 4 is 27.5 Å².